The zero-order chi connectivity index (χ0) is 10.3. The second kappa shape index (κ2) is 6.48. The van der Waals surface area contributed by atoms with Gasteiger partial charge in [-0.2, -0.15) is 0 Å². The summed E-state index contributed by atoms with van der Waals surface area (Å²) in [7, 11) is 2.10. The summed E-state index contributed by atoms with van der Waals surface area (Å²) in [6.45, 7) is 6.06. The summed E-state index contributed by atoms with van der Waals surface area (Å²) >= 11 is 0. The van der Waals surface area contributed by atoms with Gasteiger partial charge in [0.2, 0.25) is 0 Å². The molecule has 0 fully saturated rings. The molecule has 0 aromatic carbocycles. The lowest BCUT2D eigenvalue weighted by atomic mass is 10.5. The van der Waals surface area contributed by atoms with Crippen molar-refractivity contribution in [3.8, 4) is 0 Å². The Morgan fingerprint density at radius 1 is 1.62 bits per heavy atom. The molecule has 1 N–H and O–H groups in total. The van der Waals surface area contributed by atoms with Crippen LogP contribution < -0.4 is 10.0 Å². The molecule has 4 nitrogen and oxygen atoms in total. The average Bonchev–Trinajstić information content (AvgIpc) is 2.52. The Hall–Kier alpha value is -1.03. The molecule has 1 rings (SSSR count). The van der Waals surface area contributed by atoms with Crippen LogP contribution >= 0.6 is 0 Å². The van der Waals surface area contributed by atoms with Gasteiger partial charge in [0.15, 0.2) is 6.67 Å². The summed E-state index contributed by atoms with van der Waals surface area (Å²) < 4.78 is 0. The molecule has 0 radical (unpaired) electrons. The maximum atomic E-state index is 9.26. The maximum Gasteiger partial charge on any atom is 0.156 e. The molecular weight excluding hydrogens is 168 g/mol. The summed E-state index contributed by atoms with van der Waals surface area (Å²) in [5, 5.41) is 9.26. The second-order valence-electron chi connectivity index (χ2n) is 2.97. The second-order valence-corrected chi connectivity index (χ2v) is 2.97. The van der Waals surface area contributed by atoms with E-state index in [-0.39, 0.29) is 6.42 Å². The van der Waals surface area contributed by atoms with Crippen LogP contribution in [-0.2, 0) is 4.79 Å². The van der Waals surface area contributed by atoms with E-state index in [9.17, 15) is 9.90 Å². The quantitative estimate of drug-likeness (QED) is 0.566. The molecule has 0 aromatic heterocycles. The normalized spacial score (nSPS) is 19.6. The Labute approximate surface area is 79.4 Å². The van der Waals surface area contributed by atoms with E-state index in [1.807, 2.05) is 0 Å². The summed E-state index contributed by atoms with van der Waals surface area (Å²) in [4.78, 5) is 13.0. The number of carboxylic acid groups (broad SMARTS) is 1. The zero-order valence-electron chi connectivity index (χ0n) is 8.54. The third-order valence-corrected chi connectivity index (χ3v) is 1.76. The Balaban J connectivity index is 0.000000252. The van der Waals surface area contributed by atoms with Crippen molar-refractivity contribution in [2.24, 2.45) is 0 Å². The number of carbonyl (C=O) groups excluding carboxylic acids is 1. The SMILES string of the molecule is CCC(=O)[O-].CC[NH+]1C=CN(C)C1. The Kier molecular flexibility index (Phi) is 5.97. The van der Waals surface area contributed by atoms with E-state index in [1.54, 1.807) is 0 Å². The third-order valence-electron chi connectivity index (χ3n) is 1.76. The molecule has 1 atom stereocenters. The van der Waals surface area contributed by atoms with Gasteiger partial charge in [-0.1, -0.05) is 6.92 Å². The molecule has 0 saturated carbocycles. The maximum absolute atomic E-state index is 9.26. The lowest BCUT2D eigenvalue weighted by molar-refractivity contribution is -0.846. The van der Waals surface area contributed by atoms with Crippen LogP contribution in [0.4, 0.5) is 0 Å². The van der Waals surface area contributed by atoms with E-state index < -0.39 is 5.97 Å². The van der Waals surface area contributed by atoms with Crippen LogP contribution in [0.5, 0.6) is 0 Å². The number of hydrogen-bond acceptors (Lipinski definition) is 3. The minimum absolute atomic E-state index is 0.111. The molecule has 13 heavy (non-hydrogen) atoms. The number of quaternary nitrogens is 1. The fraction of sp³-hybridized carbons (Fsp3) is 0.667. The van der Waals surface area contributed by atoms with Crippen LogP contribution in [0, 0.1) is 0 Å². The van der Waals surface area contributed by atoms with Crippen LogP contribution in [0.1, 0.15) is 20.3 Å². The first-order valence-electron chi connectivity index (χ1n) is 4.53. The van der Waals surface area contributed by atoms with Crippen molar-refractivity contribution in [2.45, 2.75) is 20.3 Å². The Morgan fingerprint density at radius 3 is 2.31 bits per heavy atom. The number of aliphatic carboxylic acids is 1. The molecule has 0 amide bonds. The van der Waals surface area contributed by atoms with Gasteiger partial charge in [0.05, 0.1) is 12.7 Å². The van der Waals surface area contributed by atoms with Gasteiger partial charge < -0.3 is 14.8 Å². The van der Waals surface area contributed by atoms with E-state index in [4.69, 9.17) is 0 Å². The first-order chi connectivity index (χ1) is 6.10. The van der Waals surface area contributed by atoms with Crippen molar-refractivity contribution in [1.29, 1.82) is 0 Å². The van der Waals surface area contributed by atoms with E-state index in [0.29, 0.717) is 0 Å². The van der Waals surface area contributed by atoms with Crippen molar-refractivity contribution in [3.63, 3.8) is 0 Å². The first-order valence-corrected chi connectivity index (χ1v) is 4.53. The van der Waals surface area contributed by atoms with Crippen LogP contribution in [0.25, 0.3) is 0 Å². The molecule has 1 unspecified atom stereocenters. The number of carboxylic acids is 1. The van der Waals surface area contributed by atoms with E-state index in [1.165, 1.54) is 18.4 Å². The number of carbonyl (C=O) groups is 1. The minimum Gasteiger partial charge on any atom is -0.550 e. The van der Waals surface area contributed by atoms with Crippen molar-refractivity contribution in [3.05, 3.63) is 12.4 Å². The summed E-state index contributed by atoms with van der Waals surface area (Å²) in [6, 6.07) is 0. The van der Waals surface area contributed by atoms with Gasteiger partial charge in [-0.3, -0.25) is 4.90 Å². The standard InChI is InChI=1S/C6H12N2.C3H6O2/c1-3-8-5-4-7(2)6-8;1-2-3(4)5/h4-5H,3,6H2,1-2H3;2H2,1H3,(H,4,5). The van der Waals surface area contributed by atoms with Gasteiger partial charge in [-0.05, 0) is 13.3 Å². The van der Waals surface area contributed by atoms with Gasteiger partial charge in [0, 0.05) is 13.0 Å². The number of rotatable bonds is 2. The molecule has 76 valence electrons. The number of nitrogens with one attached hydrogen (secondary N) is 1. The molecule has 0 saturated heterocycles. The van der Waals surface area contributed by atoms with Crippen LogP contribution in [0.3, 0.4) is 0 Å². The molecule has 1 aliphatic rings. The van der Waals surface area contributed by atoms with Crippen molar-refractivity contribution < 1.29 is 14.8 Å². The van der Waals surface area contributed by atoms with Crippen LogP contribution in [0.15, 0.2) is 12.4 Å². The van der Waals surface area contributed by atoms with E-state index in [0.717, 1.165) is 6.67 Å². The van der Waals surface area contributed by atoms with Gasteiger partial charge in [-0.25, -0.2) is 0 Å². The monoisotopic (exact) mass is 186 g/mol. The highest BCUT2D eigenvalue weighted by molar-refractivity contribution is 5.63. The average molecular weight is 186 g/mol. The van der Waals surface area contributed by atoms with Crippen molar-refractivity contribution in [2.75, 3.05) is 20.3 Å². The highest BCUT2D eigenvalue weighted by Crippen LogP contribution is 1.80. The smallest absolute Gasteiger partial charge is 0.156 e. The highest BCUT2D eigenvalue weighted by atomic mass is 16.4. The predicted molar refractivity (Wildman–Crippen MR) is 48.6 cm³/mol. The summed E-state index contributed by atoms with van der Waals surface area (Å²) in [6.07, 6.45) is 4.43. The van der Waals surface area contributed by atoms with Gasteiger partial charge >= 0.3 is 0 Å². The highest BCUT2D eigenvalue weighted by Gasteiger charge is 2.09. The zero-order valence-corrected chi connectivity index (χ0v) is 8.54. The first kappa shape index (κ1) is 12.0. The van der Waals surface area contributed by atoms with Gasteiger partial charge in [0.25, 0.3) is 0 Å². The molecule has 0 spiro atoms. The topological polar surface area (TPSA) is 47.8 Å². The third kappa shape index (κ3) is 6.16. The predicted octanol–water partition coefficient (Wildman–Crippen LogP) is -1.59. The van der Waals surface area contributed by atoms with Crippen LogP contribution in [-0.4, -0.2) is 31.1 Å². The van der Waals surface area contributed by atoms with E-state index in [2.05, 4.69) is 31.3 Å². The molecule has 1 aliphatic heterocycles. The van der Waals surface area contributed by atoms with Gasteiger partial charge in [-0.15, -0.1) is 0 Å². The molecular formula is C9H18N2O2. The molecule has 4 heteroatoms. The molecule has 0 bridgehead atoms. The fourth-order valence-corrected chi connectivity index (χ4v) is 0.888. The molecule has 1 heterocycles. The Morgan fingerprint density at radius 2 is 2.15 bits per heavy atom. The molecule has 0 aromatic rings. The number of hydrogen-bond donors (Lipinski definition) is 1. The lowest BCUT2D eigenvalue weighted by Crippen LogP contribution is -3.06. The minimum atomic E-state index is -0.995. The molecule has 0 aliphatic carbocycles. The van der Waals surface area contributed by atoms with Gasteiger partial charge in [0.1, 0.15) is 6.20 Å². The van der Waals surface area contributed by atoms with Crippen molar-refractivity contribution in [1.82, 2.24) is 4.90 Å². The lowest BCUT2D eigenvalue weighted by Gasteiger charge is -2.09. The van der Waals surface area contributed by atoms with E-state index >= 15 is 0 Å². The fourth-order valence-electron chi connectivity index (χ4n) is 0.888. The summed E-state index contributed by atoms with van der Waals surface area (Å²) in [5.74, 6) is -0.995. The van der Waals surface area contributed by atoms with Crippen molar-refractivity contribution >= 4 is 5.97 Å². The Bertz CT molecular complexity index is 180. The summed E-state index contributed by atoms with van der Waals surface area (Å²) in [5.41, 5.74) is 0. The largest absolute Gasteiger partial charge is 0.550 e. The number of nitrogens with zero attached hydrogens (tertiary/aromatic N) is 1. The van der Waals surface area contributed by atoms with Crippen LogP contribution in [0.2, 0.25) is 0 Å².